The highest BCUT2D eigenvalue weighted by Gasteiger charge is 2.35. The number of nitrogens with one attached hydrogen (secondary N) is 2. The molecule has 110 valence electrons. The largest absolute Gasteiger partial charge is 0.355 e. The number of hydrogen-bond acceptors (Lipinski definition) is 5. The molecule has 2 rings (SSSR count). The summed E-state index contributed by atoms with van der Waals surface area (Å²) in [5.74, 6) is 0.520. The zero-order valence-electron chi connectivity index (χ0n) is 11.6. The Morgan fingerprint density at radius 1 is 1.65 bits per heavy atom. The maximum Gasteiger partial charge on any atom is 0.225 e. The van der Waals surface area contributed by atoms with E-state index in [0.717, 1.165) is 10.9 Å². The number of nitrogens with zero attached hydrogens (tertiary/aromatic N) is 3. The fourth-order valence-corrected chi connectivity index (χ4v) is 2.77. The van der Waals surface area contributed by atoms with Crippen LogP contribution in [0.3, 0.4) is 0 Å². The third-order valence-electron chi connectivity index (χ3n) is 3.19. The fourth-order valence-electron chi connectivity index (χ4n) is 2.14. The maximum atomic E-state index is 12.0. The molecule has 1 atom stereocenters. The van der Waals surface area contributed by atoms with Crippen LogP contribution in [0.1, 0.15) is 20.3 Å². The van der Waals surface area contributed by atoms with Gasteiger partial charge in [-0.3, -0.25) is 14.7 Å². The van der Waals surface area contributed by atoms with Gasteiger partial charge in [-0.2, -0.15) is 5.10 Å². The second-order valence-electron chi connectivity index (χ2n) is 4.97. The molecule has 0 aromatic carbocycles. The lowest BCUT2D eigenvalue weighted by atomic mass is 10.1. The van der Waals surface area contributed by atoms with E-state index in [4.69, 9.17) is 0 Å². The molecular formula is C12H19N5O2S. The Balaban J connectivity index is 1.69. The average molecular weight is 297 g/mol. The molecule has 1 aromatic rings. The van der Waals surface area contributed by atoms with E-state index in [0.29, 0.717) is 19.5 Å². The van der Waals surface area contributed by atoms with Crippen LogP contribution in [0.15, 0.2) is 11.5 Å². The van der Waals surface area contributed by atoms with Crippen LogP contribution >= 0.6 is 11.8 Å². The van der Waals surface area contributed by atoms with E-state index in [-0.39, 0.29) is 23.8 Å². The lowest BCUT2D eigenvalue weighted by molar-refractivity contribution is -0.129. The summed E-state index contributed by atoms with van der Waals surface area (Å²) in [6.07, 6.45) is 1.77. The van der Waals surface area contributed by atoms with Crippen molar-refractivity contribution in [2.45, 2.75) is 31.5 Å². The minimum absolute atomic E-state index is 0.0420. The van der Waals surface area contributed by atoms with Crippen molar-refractivity contribution >= 4 is 23.6 Å². The van der Waals surface area contributed by atoms with Crippen molar-refractivity contribution in [1.82, 2.24) is 25.4 Å². The van der Waals surface area contributed by atoms with Crippen molar-refractivity contribution in [1.29, 1.82) is 0 Å². The molecular weight excluding hydrogens is 278 g/mol. The van der Waals surface area contributed by atoms with E-state index in [2.05, 4.69) is 20.5 Å². The summed E-state index contributed by atoms with van der Waals surface area (Å²) in [5, 5.41) is 10.1. The van der Waals surface area contributed by atoms with Crippen LogP contribution in [0.5, 0.6) is 0 Å². The topological polar surface area (TPSA) is 91.0 Å². The van der Waals surface area contributed by atoms with Crippen LogP contribution in [0.4, 0.5) is 0 Å². The first kappa shape index (κ1) is 14.8. The van der Waals surface area contributed by atoms with E-state index >= 15 is 0 Å². The van der Waals surface area contributed by atoms with Gasteiger partial charge in [0.15, 0.2) is 5.16 Å². The number of H-pyrrole nitrogens is 1. The van der Waals surface area contributed by atoms with E-state index in [1.807, 2.05) is 13.8 Å². The average Bonchev–Trinajstić information content (AvgIpc) is 3.03. The lowest BCUT2D eigenvalue weighted by Crippen LogP contribution is -2.36. The number of aromatic nitrogens is 3. The number of carbonyl (C=O) groups is 2. The number of carbonyl (C=O) groups excluding carboxylic acids is 2. The number of thioether (sulfide) groups is 1. The molecule has 0 radical (unpaired) electrons. The zero-order valence-corrected chi connectivity index (χ0v) is 12.4. The smallest absolute Gasteiger partial charge is 0.225 e. The molecule has 2 N–H and O–H groups in total. The first-order chi connectivity index (χ1) is 9.58. The third kappa shape index (κ3) is 3.72. The Morgan fingerprint density at radius 2 is 2.45 bits per heavy atom. The van der Waals surface area contributed by atoms with E-state index in [1.165, 1.54) is 18.1 Å². The minimum Gasteiger partial charge on any atom is -0.355 e. The SMILES string of the molecule is CC(C)N1C[C@H](C(=O)NCCSc2ncn[nH]2)CC1=O. The van der Waals surface area contributed by atoms with Crippen LogP contribution in [-0.2, 0) is 9.59 Å². The first-order valence-electron chi connectivity index (χ1n) is 6.63. The van der Waals surface area contributed by atoms with Crippen molar-refractivity contribution < 1.29 is 9.59 Å². The van der Waals surface area contributed by atoms with Crippen molar-refractivity contribution in [2.75, 3.05) is 18.8 Å². The fraction of sp³-hybridized carbons (Fsp3) is 0.667. The summed E-state index contributed by atoms with van der Waals surface area (Å²) in [7, 11) is 0. The lowest BCUT2D eigenvalue weighted by Gasteiger charge is -2.20. The summed E-state index contributed by atoms with van der Waals surface area (Å²) in [6.45, 7) is 5.01. The summed E-state index contributed by atoms with van der Waals surface area (Å²) >= 11 is 1.50. The number of aromatic amines is 1. The van der Waals surface area contributed by atoms with Gasteiger partial charge in [-0.25, -0.2) is 4.98 Å². The summed E-state index contributed by atoms with van der Waals surface area (Å²) in [4.78, 5) is 29.5. The predicted octanol–water partition coefficient (Wildman–Crippen LogP) is 0.270. The van der Waals surface area contributed by atoms with Crippen molar-refractivity contribution in [3.63, 3.8) is 0 Å². The Morgan fingerprint density at radius 3 is 3.05 bits per heavy atom. The molecule has 1 saturated heterocycles. The van der Waals surface area contributed by atoms with Crippen LogP contribution < -0.4 is 5.32 Å². The number of hydrogen-bond donors (Lipinski definition) is 2. The molecule has 1 aliphatic rings. The second kappa shape index (κ2) is 6.74. The van der Waals surface area contributed by atoms with Crippen LogP contribution in [0.2, 0.25) is 0 Å². The van der Waals surface area contributed by atoms with Gasteiger partial charge in [0.2, 0.25) is 11.8 Å². The zero-order chi connectivity index (χ0) is 14.5. The summed E-state index contributed by atoms with van der Waals surface area (Å²) < 4.78 is 0. The van der Waals surface area contributed by atoms with Crippen molar-refractivity contribution in [2.24, 2.45) is 5.92 Å². The maximum absolute atomic E-state index is 12.0. The molecule has 1 fully saturated rings. The predicted molar refractivity (Wildman–Crippen MR) is 75.1 cm³/mol. The van der Waals surface area contributed by atoms with Gasteiger partial charge in [-0.15, -0.1) is 0 Å². The number of rotatable bonds is 6. The number of amides is 2. The van der Waals surface area contributed by atoms with Gasteiger partial charge < -0.3 is 10.2 Å². The molecule has 20 heavy (non-hydrogen) atoms. The van der Waals surface area contributed by atoms with Crippen molar-refractivity contribution in [3.05, 3.63) is 6.33 Å². The second-order valence-corrected chi connectivity index (χ2v) is 6.05. The quantitative estimate of drug-likeness (QED) is 0.581. The van der Waals surface area contributed by atoms with Gasteiger partial charge >= 0.3 is 0 Å². The van der Waals surface area contributed by atoms with Gasteiger partial charge in [0.05, 0.1) is 5.92 Å². The molecule has 1 aliphatic heterocycles. The van der Waals surface area contributed by atoms with E-state index in [1.54, 1.807) is 4.90 Å². The van der Waals surface area contributed by atoms with Crippen LogP contribution in [0, 0.1) is 5.92 Å². The number of likely N-dealkylation sites (tertiary alicyclic amines) is 1. The minimum atomic E-state index is -0.222. The highest BCUT2D eigenvalue weighted by Crippen LogP contribution is 2.20. The van der Waals surface area contributed by atoms with Crippen molar-refractivity contribution in [3.8, 4) is 0 Å². The molecule has 7 nitrogen and oxygen atoms in total. The van der Waals surface area contributed by atoms with Gasteiger partial charge in [-0.05, 0) is 13.8 Å². The first-order valence-corrected chi connectivity index (χ1v) is 7.62. The van der Waals surface area contributed by atoms with Gasteiger partial charge in [0.25, 0.3) is 0 Å². The van der Waals surface area contributed by atoms with E-state index in [9.17, 15) is 9.59 Å². The molecule has 0 aliphatic carbocycles. The molecule has 1 aromatic heterocycles. The van der Waals surface area contributed by atoms with Gasteiger partial charge in [0.1, 0.15) is 6.33 Å². The van der Waals surface area contributed by atoms with Gasteiger partial charge in [0, 0.05) is 31.3 Å². The molecule has 0 saturated carbocycles. The molecule has 2 heterocycles. The highest BCUT2D eigenvalue weighted by atomic mass is 32.2. The van der Waals surface area contributed by atoms with Gasteiger partial charge in [-0.1, -0.05) is 11.8 Å². The Labute approximate surface area is 121 Å². The van der Waals surface area contributed by atoms with Crippen LogP contribution in [-0.4, -0.2) is 56.8 Å². The normalized spacial score (nSPS) is 18.9. The Bertz CT molecular complexity index is 462. The Kier molecular flexibility index (Phi) is 4.99. The third-order valence-corrected chi connectivity index (χ3v) is 4.06. The highest BCUT2D eigenvalue weighted by molar-refractivity contribution is 7.99. The van der Waals surface area contributed by atoms with Crippen LogP contribution in [0.25, 0.3) is 0 Å². The summed E-state index contributed by atoms with van der Waals surface area (Å²) in [6, 6.07) is 0.155. The Hall–Kier alpha value is -1.57. The molecule has 2 amide bonds. The summed E-state index contributed by atoms with van der Waals surface area (Å²) in [5.41, 5.74) is 0. The molecule has 0 spiro atoms. The monoisotopic (exact) mass is 297 g/mol. The molecule has 8 heteroatoms. The standard InChI is InChI=1S/C12H19N5O2S/c1-8(2)17-6-9(5-10(17)18)11(19)13-3-4-20-12-14-7-15-16-12/h7-9H,3-6H2,1-2H3,(H,13,19)(H,14,15,16)/t9-/m1/s1. The van der Waals surface area contributed by atoms with E-state index < -0.39 is 0 Å². The molecule has 0 bridgehead atoms. The molecule has 0 unspecified atom stereocenters.